The Hall–Kier alpha value is -1.55. The van der Waals surface area contributed by atoms with Crippen LogP contribution in [0.1, 0.15) is 25.3 Å². The molecule has 5 heteroatoms. The molecule has 0 radical (unpaired) electrons. The Morgan fingerprint density at radius 1 is 1.30 bits per heavy atom. The molecule has 108 valence electrons. The molecule has 1 fully saturated rings. The van der Waals surface area contributed by atoms with Gasteiger partial charge in [0.1, 0.15) is 0 Å². The first-order chi connectivity index (χ1) is 9.49. The first-order valence-electron chi connectivity index (χ1n) is 6.80. The van der Waals surface area contributed by atoms with E-state index in [1.807, 2.05) is 26.0 Å². The van der Waals surface area contributed by atoms with Crippen molar-refractivity contribution in [1.82, 2.24) is 10.2 Å². The molecule has 1 aliphatic heterocycles. The third-order valence-electron chi connectivity index (χ3n) is 3.51. The molecular formula is C15H19ClN2O2. The lowest BCUT2D eigenvalue weighted by Gasteiger charge is -2.32. The summed E-state index contributed by atoms with van der Waals surface area (Å²) in [5.41, 5.74) is 0.945. The first kappa shape index (κ1) is 14.9. The molecular weight excluding hydrogens is 276 g/mol. The van der Waals surface area contributed by atoms with Crippen molar-refractivity contribution in [3.8, 4) is 0 Å². The van der Waals surface area contributed by atoms with Crippen LogP contribution in [0.5, 0.6) is 0 Å². The minimum atomic E-state index is -0.238. The average Bonchev–Trinajstić information content (AvgIpc) is 2.41. The Kier molecular flexibility index (Phi) is 4.65. The van der Waals surface area contributed by atoms with Crippen molar-refractivity contribution in [2.75, 3.05) is 19.6 Å². The zero-order valence-corrected chi connectivity index (χ0v) is 12.5. The molecule has 2 rings (SSSR count). The zero-order valence-electron chi connectivity index (χ0n) is 11.7. The van der Waals surface area contributed by atoms with Gasteiger partial charge in [-0.3, -0.25) is 9.59 Å². The molecule has 1 saturated heterocycles. The fraction of sp³-hybridized carbons (Fsp3) is 0.467. The lowest BCUT2D eigenvalue weighted by atomic mass is 9.87. The summed E-state index contributed by atoms with van der Waals surface area (Å²) in [4.78, 5) is 25.7. The van der Waals surface area contributed by atoms with E-state index in [-0.39, 0.29) is 30.2 Å². The van der Waals surface area contributed by atoms with Crippen molar-refractivity contribution in [3.63, 3.8) is 0 Å². The molecule has 1 heterocycles. The average molecular weight is 295 g/mol. The maximum Gasteiger partial charge on any atom is 0.239 e. The predicted octanol–water partition coefficient (Wildman–Crippen LogP) is 2.04. The summed E-state index contributed by atoms with van der Waals surface area (Å²) in [5.74, 6) is -0.160. The van der Waals surface area contributed by atoms with Crippen LogP contribution in [0.2, 0.25) is 5.02 Å². The van der Waals surface area contributed by atoms with Gasteiger partial charge < -0.3 is 10.2 Å². The van der Waals surface area contributed by atoms with Crippen LogP contribution in [-0.2, 0) is 9.59 Å². The molecule has 0 bridgehead atoms. The van der Waals surface area contributed by atoms with E-state index in [9.17, 15) is 9.59 Å². The highest BCUT2D eigenvalue weighted by molar-refractivity contribution is 6.30. The van der Waals surface area contributed by atoms with Crippen LogP contribution in [0, 0.1) is 5.92 Å². The summed E-state index contributed by atoms with van der Waals surface area (Å²) in [6.45, 7) is 5.27. The molecule has 0 spiro atoms. The van der Waals surface area contributed by atoms with Gasteiger partial charge in [0.2, 0.25) is 11.8 Å². The lowest BCUT2D eigenvalue weighted by molar-refractivity contribution is -0.140. The van der Waals surface area contributed by atoms with E-state index in [1.165, 1.54) is 0 Å². The van der Waals surface area contributed by atoms with Crippen molar-refractivity contribution in [3.05, 3.63) is 34.9 Å². The normalized spacial score (nSPS) is 17.0. The Morgan fingerprint density at radius 2 is 1.95 bits per heavy atom. The zero-order chi connectivity index (χ0) is 14.7. The van der Waals surface area contributed by atoms with Crippen molar-refractivity contribution < 1.29 is 9.59 Å². The summed E-state index contributed by atoms with van der Waals surface area (Å²) in [6, 6.07) is 7.36. The van der Waals surface area contributed by atoms with Gasteiger partial charge >= 0.3 is 0 Å². The number of amides is 2. The van der Waals surface area contributed by atoms with E-state index in [0.29, 0.717) is 18.1 Å². The highest BCUT2D eigenvalue weighted by Crippen LogP contribution is 2.28. The molecule has 0 unspecified atom stereocenters. The van der Waals surface area contributed by atoms with Crippen molar-refractivity contribution >= 4 is 23.4 Å². The minimum Gasteiger partial charge on any atom is -0.353 e. The number of nitrogens with one attached hydrogen (secondary N) is 1. The molecule has 20 heavy (non-hydrogen) atoms. The number of piperazine rings is 1. The van der Waals surface area contributed by atoms with Crippen LogP contribution >= 0.6 is 11.6 Å². The monoisotopic (exact) mass is 294 g/mol. The Morgan fingerprint density at radius 3 is 2.50 bits per heavy atom. The molecule has 0 saturated carbocycles. The van der Waals surface area contributed by atoms with E-state index < -0.39 is 0 Å². The molecule has 1 aliphatic rings. The second kappa shape index (κ2) is 6.27. The Balaban J connectivity index is 2.21. The van der Waals surface area contributed by atoms with Crippen LogP contribution < -0.4 is 5.32 Å². The number of rotatable bonds is 3. The van der Waals surface area contributed by atoms with Crippen molar-refractivity contribution in [1.29, 1.82) is 0 Å². The summed E-state index contributed by atoms with van der Waals surface area (Å²) in [7, 11) is 0. The summed E-state index contributed by atoms with van der Waals surface area (Å²) in [5, 5.41) is 3.39. The van der Waals surface area contributed by atoms with Crippen LogP contribution in [-0.4, -0.2) is 36.3 Å². The first-order valence-corrected chi connectivity index (χ1v) is 7.18. The van der Waals surface area contributed by atoms with Crippen LogP contribution in [0.25, 0.3) is 0 Å². The molecule has 1 N–H and O–H groups in total. The van der Waals surface area contributed by atoms with Crippen LogP contribution in [0.3, 0.4) is 0 Å². The van der Waals surface area contributed by atoms with Gasteiger partial charge in [-0.15, -0.1) is 0 Å². The third-order valence-corrected chi connectivity index (χ3v) is 3.76. The number of halogens is 1. The van der Waals surface area contributed by atoms with Gasteiger partial charge in [-0.2, -0.15) is 0 Å². The largest absolute Gasteiger partial charge is 0.353 e. The Labute approximate surface area is 124 Å². The molecule has 4 nitrogen and oxygen atoms in total. The molecule has 0 aliphatic carbocycles. The number of hydrogen-bond acceptors (Lipinski definition) is 2. The number of benzene rings is 1. The molecule has 0 aromatic heterocycles. The smallest absolute Gasteiger partial charge is 0.239 e. The lowest BCUT2D eigenvalue weighted by Crippen LogP contribution is -2.51. The fourth-order valence-corrected chi connectivity index (χ4v) is 2.63. The van der Waals surface area contributed by atoms with Gasteiger partial charge in [0.05, 0.1) is 12.5 Å². The SMILES string of the molecule is CC(C)[C@H](C(=O)N1CCNC(=O)C1)c1ccc(Cl)cc1. The number of carbonyl (C=O) groups excluding carboxylic acids is 2. The van der Waals surface area contributed by atoms with Gasteiger partial charge in [-0.1, -0.05) is 37.6 Å². The third kappa shape index (κ3) is 3.31. The fourth-order valence-electron chi connectivity index (χ4n) is 2.51. The number of hydrogen-bond donors (Lipinski definition) is 1. The second-order valence-corrected chi connectivity index (χ2v) is 5.82. The summed E-state index contributed by atoms with van der Waals surface area (Å²) < 4.78 is 0. The van der Waals surface area contributed by atoms with Gasteiger partial charge in [0.25, 0.3) is 0 Å². The second-order valence-electron chi connectivity index (χ2n) is 5.38. The maximum absolute atomic E-state index is 12.7. The van der Waals surface area contributed by atoms with Crippen LogP contribution in [0.4, 0.5) is 0 Å². The van der Waals surface area contributed by atoms with E-state index in [0.717, 1.165) is 5.56 Å². The highest BCUT2D eigenvalue weighted by Gasteiger charge is 2.30. The van der Waals surface area contributed by atoms with E-state index in [1.54, 1.807) is 17.0 Å². The number of carbonyl (C=O) groups is 2. The van der Waals surface area contributed by atoms with E-state index in [2.05, 4.69) is 5.32 Å². The van der Waals surface area contributed by atoms with Gasteiger partial charge in [-0.05, 0) is 23.6 Å². The van der Waals surface area contributed by atoms with Gasteiger partial charge in [0, 0.05) is 18.1 Å². The topological polar surface area (TPSA) is 49.4 Å². The van der Waals surface area contributed by atoms with E-state index >= 15 is 0 Å². The molecule has 1 aromatic carbocycles. The highest BCUT2D eigenvalue weighted by atomic mass is 35.5. The minimum absolute atomic E-state index is 0.0113. The molecule has 2 amide bonds. The van der Waals surface area contributed by atoms with Gasteiger partial charge in [0.15, 0.2) is 0 Å². The van der Waals surface area contributed by atoms with E-state index in [4.69, 9.17) is 11.6 Å². The van der Waals surface area contributed by atoms with Crippen molar-refractivity contribution in [2.24, 2.45) is 5.92 Å². The predicted molar refractivity (Wildman–Crippen MR) is 78.6 cm³/mol. The summed E-state index contributed by atoms with van der Waals surface area (Å²) >= 11 is 5.90. The van der Waals surface area contributed by atoms with Gasteiger partial charge in [-0.25, -0.2) is 0 Å². The van der Waals surface area contributed by atoms with Crippen LogP contribution in [0.15, 0.2) is 24.3 Å². The molecule has 1 aromatic rings. The Bertz CT molecular complexity index is 499. The maximum atomic E-state index is 12.7. The quantitative estimate of drug-likeness (QED) is 0.927. The summed E-state index contributed by atoms with van der Waals surface area (Å²) in [6.07, 6.45) is 0. The number of nitrogens with zero attached hydrogens (tertiary/aromatic N) is 1. The van der Waals surface area contributed by atoms with Crippen molar-refractivity contribution in [2.45, 2.75) is 19.8 Å². The molecule has 1 atom stereocenters. The standard InChI is InChI=1S/C15H19ClN2O2/c1-10(2)14(11-3-5-12(16)6-4-11)15(20)18-8-7-17-13(19)9-18/h3-6,10,14H,7-9H2,1-2H3,(H,17,19)/t14-/m0/s1.